The fourth-order valence-electron chi connectivity index (χ4n) is 2.43. The number of nitrogens with two attached hydrogens (primary N) is 1. The van der Waals surface area contributed by atoms with E-state index in [4.69, 9.17) is 5.73 Å². The number of nitrogens with one attached hydrogen (secondary N) is 1. The lowest BCUT2D eigenvalue weighted by Crippen LogP contribution is -2.39. The number of carbonyl (C=O) groups is 1. The zero-order chi connectivity index (χ0) is 12.4. The van der Waals surface area contributed by atoms with Gasteiger partial charge < -0.3 is 10.6 Å². The molecule has 0 aromatic carbocycles. The first-order valence-corrected chi connectivity index (χ1v) is 6.16. The highest BCUT2D eigenvalue weighted by Gasteiger charge is 2.26. The maximum Gasteiger partial charge on any atom is 0.271 e. The average molecular weight is 236 g/mol. The fraction of sp³-hybridized carbons (Fsp3) is 0.667. The van der Waals surface area contributed by atoms with Crippen molar-refractivity contribution in [2.24, 2.45) is 5.92 Å². The number of hydrogen-bond acceptors (Lipinski definition) is 3. The van der Waals surface area contributed by atoms with Gasteiger partial charge in [0, 0.05) is 19.2 Å². The number of nitrogen functional groups attached to an aromatic ring is 1. The zero-order valence-corrected chi connectivity index (χ0v) is 10.4. The maximum absolute atomic E-state index is 12.1. The molecule has 1 saturated carbocycles. The Bertz CT molecular complexity index is 393. The van der Waals surface area contributed by atoms with E-state index in [0.29, 0.717) is 17.6 Å². The first-order valence-electron chi connectivity index (χ1n) is 6.16. The second-order valence-corrected chi connectivity index (χ2v) is 5.04. The topological polar surface area (TPSA) is 75.0 Å². The number of rotatable bonds is 2. The highest BCUT2D eigenvalue weighted by molar-refractivity contribution is 5.93. The molecule has 0 spiro atoms. The molecule has 0 bridgehead atoms. The molecule has 1 fully saturated rings. The van der Waals surface area contributed by atoms with Crippen LogP contribution in [0.3, 0.4) is 0 Å². The van der Waals surface area contributed by atoms with Crippen molar-refractivity contribution >= 4 is 11.7 Å². The van der Waals surface area contributed by atoms with Crippen molar-refractivity contribution < 1.29 is 4.79 Å². The van der Waals surface area contributed by atoms with Crippen molar-refractivity contribution in [3.05, 3.63) is 11.8 Å². The standard InChI is InChI=1S/C12H20N4O/c1-8-3-5-9(6-4-8)16(2)12(17)10-7-11(13)15-14-10/h7-9H,3-6H2,1-2H3,(H3,13,14,15). The third-order valence-corrected chi connectivity index (χ3v) is 3.68. The van der Waals surface area contributed by atoms with Crippen LogP contribution in [-0.4, -0.2) is 34.1 Å². The van der Waals surface area contributed by atoms with Gasteiger partial charge in [-0.2, -0.15) is 5.10 Å². The SMILES string of the molecule is CC1CCC(N(C)C(=O)c2cc(N)n[nH]2)CC1. The number of nitrogens with zero attached hydrogens (tertiary/aromatic N) is 2. The number of aromatic nitrogens is 2. The minimum Gasteiger partial charge on any atom is -0.382 e. The minimum atomic E-state index is -0.0197. The van der Waals surface area contributed by atoms with Crippen LogP contribution in [0.2, 0.25) is 0 Å². The zero-order valence-electron chi connectivity index (χ0n) is 10.4. The van der Waals surface area contributed by atoms with Gasteiger partial charge in [-0.05, 0) is 31.6 Å². The first kappa shape index (κ1) is 12.0. The summed E-state index contributed by atoms with van der Waals surface area (Å²) in [5, 5.41) is 6.45. The molecular formula is C12H20N4O. The Kier molecular flexibility index (Phi) is 3.36. The third-order valence-electron chi connectivity index (χ3n) is 3.68. The maximum atomic E-state index is 12.1. The average Bonchev–Trinajstić information content (AvgIpc) is 2.75. The summed E-state index contributed by atoms with van der Waals surface area (Å²) < 4.78 is 0. The highest BCUT2D eigenvalue weighted by Crippen LogP contribution is 2.27. The van der Waals surface area contributed by atoms with E-state index in [1.165, 1.54) is 12.8 Å². The number of H-pyrrole nitrogens is 1. The molecule has 5 nitrogen and oxygen atoms in total. The molecule has 3 N–H and O–H groups in total. The van der Waals surface area contributed by atoms with Crippen LogP contribution in [-0.2, 0) is 0 Å². The molecule has 0 aliphatic heterocycles. The van der Waals surface area contributed by atoms with E-state index in [1.54, 1.807) is 6.07 Å². The van der Waals surface area contributed by atoms with Crippen molar-refractivity contribution in [1.82, 2.24) is 15.1 Å². The summed E-state index contributed by atoms with van der Waals surface area (Å²) in [6.07, 6.45) is 4.58. The van der Waals surface area contributed by atoms with Gasteiger partial charge in [0.2, 0.25) is 0 Å². The molecule has 1 amide bonds. The van der Waals surface area contributed by atoms with Crippen molar-refractivity contribution in [2.75, 3.05) is 12.8 Å². The van der Waals surface area contributed by atoms with E-state index < -0.39 is 0 Å². The summed E-state index contributed by atoms with van der Waals surface area (Å²) >= 11 is 0. The molecule has 5 heteroatoms. The molecule has 1 aromatic rings. The fourth-order valence-corrected chi connectivity index (χ4v) is 2.43. The predicted octanol–water partition coefficient (Wildman–Crippen LogP) is 1.64. The Morgan fingerprint density at radius 2 is 2.12 bits per heavy atom. The normalized spacial score (nSPS) is 24.6. The van der Waals surface area contributed by atoms with Gasteiger partial charge in [0.25, 0.3) is 5.91 Å². The van der Waals surface area contributed by atoms with Gasteiger partial charge in [-0.1, -0.05) is 6.92 Å². The van der Waals surface area contributed by atoms with E-state index in [-0.39, 0.29) is 5.91 Å². The highest BCUT2D eigenvalue weighted by atomic mass is 16.2. The van der Waals surface area contributed by atoms with Crippen LogP contribution in [0.5, 0.6) is 0 Å². The predicted molar refractivity (Wildman–Crippen MR) is 66.5 cm³/mol. The lowest BCUT2D eigenvalue weighted by atomic mass is 9.86. The van der Waals surface area contributed by atoms with Crippen molar-refractivity contribution in [2.45, 2.75) is 38.6 Å². The second kappa shape index (κ2) is 4.77. The van der Waals surface area contributed by atoms with Crippen LogP contribution < -0.4 is 5.73 Å². The molecule has 1 aliphatic carbocycles. The molecule has 1 aromatic heterocycles. The summed E-state index contributed by atoms with van der Waals surface area (Å²) in [7, 11) is 1.86. The molecule has 0 saturated heterocycles. The Balaban J connectivity index is 2.00. The summed E-state index contributed by atoms with van der Waals surface area (Å²) in [6.45, 7) is 2.27. The number of amides is 1. The van der Waals surface area contributed by atoms with Crippen molar-refractivity contribution in [3.8, 4) is 0 Å². The van der Waals surface area contributed by atoms with Crippen LogP contribution in [0.25, 0.3) is 0 Å². The van der Waals surface area contributed by atoms with Gasteiger partial charge in [-0.3, -0.25) is 9.89 Å². The molecule has 0 radical (unpaired) electrons. The first-order chi connectivity index (χ1) is 8.08. The summed E-state index contributed by atoms with van der Waals surface area (Å²) in [5.74, 6) is 1.13. The molecule has 0 unspecified atom stereocenters. The number of aromatic amines is 1. The Labute approximate surface area is 101 Å². The minimum absolute atomic E-state index is 0.0197. The smallest absolute Gasteiger partial charge is 0.271 e. The Morgan fingerprint density at radius 3 is 2.65 bits per heavy atom. The van der Waals surface area contributed by atoms with Crippen molar-refractivity contribution in [3.63, 3.8) is 0 Å². The van der Waals surface area contributed by atoms with Crippen LogP contribution in [0.15, 0.2) is 6.07 Å². The van der Waals surface area contributed by atoms with Crippen LogP contribution >= 0.6 is 0 Å². The van der Waals surface area contributed by atoms with Gasteiger partial charge in [0.1, 0.15) is 11.5 Å². The largest absolute Gasteiger partial charge is 0.382 e. The molecule has 1 heterocycles. The van der Waals surface area contributed by atoms with E-state index in [9.17, 15) is 4.79 Å². The molecule has 1 aliphatic rings. The Hall–Kier alpha value is -1.52. The van der Waals surface area contributed by atoms with Gasteiger partial charge in [-0.15, -0.1) is 0 Å². The molecule has 17 heavy (non-hydrogen) atoms. The van der Waals surface area contributed by atoms with Gasteiger partial charge in [0.05, 0.1) is 0 Å². The molecule has 0 atom stereocenters. The molecular weight excluding hydrogens is 216 g/mol. The molecule has 94 valence electrons. The monoisotopic (exact) mass is 236 g/mol. The lowest BCUT2D eigenvalue weighted by Gasteiger charge is -2.33. The van der Waals surface area contributed by atoms with Gasteiger partial charge in [0.15, 0.2) is 0 Å². The molecule has 2 rings (SSSR count). The van der Waals surface area contributed by atoms with Crippen molar-refractivity contribution in [1.29, 1.82) is 0 Å². The number of hydrogen-bond donors (Lipinski definition) is 2. The van der Waals surface area contributed by atoms with Gasteiger partial charge in [-0.25, -0.2) is 0 Å². The van der Waals surface area contributed by atoms with Crippen LogP contribution in [0, 0.1) is 5.92 Å². The third kappa shape index (κ3) is 2.60. The van der Waals surface area contributed by atoms with E-state index in [0.717, 1.165) is 18.8 Å². The lowest BCUT2D eigenvalue weighted by molar-refractivity contribution is 0.0673. The van der Waals surface area contributed by atoms with Crippen LogP contribution in [0.1, 0.15) is 43.1 Å². The summed E-state index contributed by atoms with van der Waals surface area (Å²) in [5.41, 5.74) is 5.98. The summed E-state index contributed by atoms with van der Waals surface area (Å²) in [6, 6.07) is 1.94. The van der Waals surface area contributed by atoms with E-state index in [1.807, 2.05) is 11.9 Å². The second-order valence-electron chi connectivity index (χ2n) is 5.04. The number of carbonyl (C=O) groups excluding carboxylic acids is 1. The summed E-state index contributed by atoms with van der Waals surface area (Å²) in [4.78, 5) is 14.0. The number of anilines is 1. The van der Waals surface area contributed by atoms with Crippen LogP contribution in [0.4, 0.5) is 5.82 Å². The van der Waals surface area contributed by atoms with Gasteiger partial charge >= 0.3 is 0 Å². The van der Waals surface area contributed by atoms with E-state index in [2.05, 4.69) is 17.1 Å². The Morgan fingerprint density at radius 1 is 1.47 bits per heavy atom. The van der Waals surface area contributed by atoms with E-state index >= 15 is 0 Å². The quantitative estimate of drug-likeness (QED) is 0.819.